The van der Waals surface area contributed by atoms with Gasteiger partial charge in [-0.15, -0.1) is 0 Å². The van der Waals surface area contributed by atoms with Gasteiger partial charge >= 0.3 is 0 Å². The van der Waals surface area contributed by atoms with Gasteiger partial charge in [-0.25, -0.2) is 0 Å². The summed E-state index contributed by atoms with van der Waals surface area (Å²) >= 11 is 3.37. The molecule has 0 radical (unpaired) electrons. The number of hydrogen-bond donors (Lipinski definition) is 1. The molecule has 0 heterocycles. The zero-order valence-corrected chi connectivity index (χ0v) is 11.6. The molecule has 0 aromatic heterocycles. The topological polar surface area (TPSA) is 40.5 Å². The van der Waals surface area contributed by atoms with Crippen molar-refractivity contribution in [3.8, 4) is 0 Å². The van der Waals surface area contributed by atoms with Crippen LogP contribution in [0, 0.1) is 0 Å². The fourth-order valence-corrected chi connectivity index (χ4v) is 1.96. The lowest BCUT2D eigenvalue weighted by Gasteiger charge is -2.20. The lowest BCUT2D eigenvalue weighted by molar-refractivity contribution is 0.0754. The van der Waals surface area contributed by atoms with Crippen molar-refractivity contribution in [1.82, 2.24) is 4.90 Å². The third kappa shape index (κ3) is 4.13. The van der Waals surface area contributed by atoms with Gasteiger partial charge in [-0.3, -0.25) is 4.79 Å². The van der Waals surface area contributed by atoms with Crippen LogP contribution in [0.5, 0.6) is 0 Å². The summed E-state index contributed by atoms with van der Waals surface area (Å²) in [4.78, 5) is 13.9. The van der Waals surface area contributed by atoms with Crippen LogP contribution in [0.15, 0.2) is 24.3 Å². The molecule has 3 nitrogen and oxygen atoms in total. The third-order valence-corrected chi connectivity index (χ3v) is 3.26. The Hall–Kier alpha value is -0.870. The third-order valence-electron chi connectivity index (χ3n) is 2.61. The number of aliphatic hydroxyl groups is 1. The zero-order chi connectivity index (χ0) is 12.7. The van der Waals surface area contributed by atoms with Gasteiger partial charge in [0.15, 0.2) is 0 Å². The van der Waals surface area contributed by atoms with E-state index in [4.69, 9.17) is 5.11 Å². The SMILES string of the molecule is CCN(CCCO)C(=O)c1ccc(CBr)cc1. The number of halogens is 1. The Kier molecular flexibility index (Phi) is 6.22. The molecule has 4 heteroatoms. The molecule has 1 N–H and O–H groups in total. The molecule has 1 aromatic rings. The van der Waals surface area contributed by atoms with Gasteiger partial charge in [-0.2, -0.15) is 0 Å². The van der Waals surface area contributed by atoms with E-state index in [1.807, 2.05) is 31.2 Å². The lowest BCUT2D eigenvalue weighted by atomic mass is 10.1. The molecule has 0 aliphatic rings. The highest BCUT2D eigenvalue weighted by Crippen LogP contribution is 2.10. The van der Waals surface area contributed by atoms with Gasteiger partial charge < -0.3 is 10.0 Å². The quantitative estimate of drug-likeness (QED) is 0.820. The van der Waals surface area contributed by atoms with Crippen LogP contribution in [0.1, 0.15) is 29.3 Å². The minimum absolute atomic E-state index is 0.0297. The van der Waals surface area contributed by atoms with Crippen LogP contribution < -0.4 is 0 Å². The Balaban J connectivity index is 2.71. The average Bonchev–Trinajstić information content (AvgIpc) is 2.39. The van der Waals surface area contributed by atoms with Crippen molar-refractivity contribution < 1.29 is 9.90 Å². The Morgan fingerprint density at radius 2 is 2.00 bits per heavy atom. The van der Waals surface area contributed by atoms with E-state index in [0.29, 0.717) is 25.1 Å². The molecule has 0 spiro atoms. The van der Waals surface area contributed by atoms with Crippen LogP contribution in [0.25, 0.3) is 0 Å². The number of carbonyl (C=O) groups is 1. The Bertz CT molecular complexity index is 351. The molecule has 1 amide bonds. The normalized spacial score (nSPS) is 10.3. The smallest absolute Gasteiger partial charge is 0.253 e. The van der Waals surface area contributed by atoms with Crippen molar-refractivity contribution in [3.05, 3.63) is 35.4 Å². The molecule has 0 saturated heterocycles. The number of amides is 1. The van der Waals surface area contributed by atoms with E-state index >= 15 is 0 Å². The first-order valence-electron chi connectivity index (χ1n) is 5.78. The van der Waals surface area contributed by atoms with Crippen molar-refractivity contribution in [2.75, 3.05) is 19.7 Å². The predicted octanol–water partition coefficient (Wildman–Crippen LogP) is 2.43. The summed E-state index contributed by atoms with van der Waals surface area (Å²) in [7, 11) is 0. The molecule has 0 atom stereocenters. The number of nitrogens with zero attached hydrogens (tertiary/aromatic N) is 1. The molecular weight excluding hydrogens is 282 g/mol. The molecule has 1 aromatic carbocycles. The molecule has 0 saturated carbocycles. The van der Waals surface area contributed by atoms with Crippen LogP contribution in [0.4, 0.5) is 0 Å². The number of benzene rings is 1. The highest BCUT2D eigenvalue weighted by atomic mass is 79.9. The van der Waals surface area contributed by atoms with Crippen LogP contribution in [0.3, 0.4) is 0 Å². The first-order valence-corrected chi connectivity index (χ1v) is 6.90. The Morgan fingerprint density at radius 3 is 2.47 bits per heavy atom. The summed E-state index contributed by atoms with van der Waals surface area (Å²) < 4.78 is 0. The van der Waals surface area contributed by atoms with Crippen molar-refractivity contribution >= 4 is 21.8 Å². The fourth-order valence-electron chi connectivity index (χ4n) is 1.58. The Morgan fingerprint density at radius 1 is 1.35 bits per heavy atom. The monoisotopic (exact) mass is 299 g/mol. The summed E-state index contributed by atoms with van der Waals surface area (Å²) in [5.74, 6) is 0.0297. The molecule has 0 fully saturated rings. The van der Waals surface area contributed by atoms with Gasteiger partial charge in [0.2, 0.25) is 0 Å². The van der Waals surface area contributed by atoms with Crippen LogP contribution in [-0.4, -0.2) is 35.6 Å². The van der Waals surface area contributed by atoms with Gasteiger partial charge in [0.05, 0.1) is 0 Å². The molecule has 0 aliphatic heterocycles. The molecule has 94 valence electrons. The van der Waals surface area contributed by atoms with Crippen molar-refractivity contribution in [1.29, 1.82) is 0 Å². The number of aliphatic hydroxyl groups excluding tert-OH is 1. The summed E-state index contributed by atoms with van der Waals surface area (Å²) in [6.07, 6.45) is 0.624. The molecule has 0 bridgehead atoms. The van der Waals surface area contributed by atoms with E-state index in [-0.39, 0.29) is 12.5 Å². The highest BCUT2D eigenvalue weighted by Gasteiger charge is 2.13. The largest absolute Gasteiger partial charge is 0.396 e. The summed E-state index contributed by atoms with van der Waals surface area (Å²) in [5, 5.41) is 9.58. The first-order chi connectivity index (χ1) is 8.22. The summed E-state index contributed by atoms with van der Waals surface area (Å²) in [5.41, 5.74) is 1.86. The number of hydrogen-bond acceptors (Lipinski definition) is 2. The maximum Gasteiger partial charge on any atom is 0.253 e. The number of carbonyl (C=O) groups excluding carboxylic acids is 1. The van der Waals surface area contributed by atoms with Crippen LogP contribution >= 0.6 is 15.9 Å². The van der Waals surface area contributed by atoms with Crippen LogP contribution in [0.2, 0.25) is 0 Å². The predicted molar refractivity (Wildman–Crippen MR) is 72.4 cm³/mol. The van der Waals surface area contributed by atoms with Crippen molar-refractivity contribution in [2.45, 2.75) is 18.7 Å². The lowest BCUT2D eigenvalue weighted by Crippen LogP contribution is -2.32. The van der Waals surface area contributed by atoms with E-state index in [9.17, 15) is 4.79 Å². The minimum Gasteiger partial charge on any atom is -0.396 e. The van der Waals surface area contributed by atoms with Crippen molar-refractivity contribution in [2.24, 2.45) is 0 Å². The van der Waals surface area contributed by atoms with E-state index in [1.165, 1.54) is 0 Å². The number of rotatable bonds is 6. The molecule has 1 rings (SSSR count). The second-order valence-corrected chi connectivity index (χ2v) is 4.35. The van der Waals surface area contributed by atoms with E-state index < -0.39 is 0 Å². The first kappa shape index (κ1) is 14.2. The number of alkyl halides is 1. The second-order valence-electron chi connectivity index (χ2n) is 3.79. The molecule has 0 aliphatic carbocycles. The zero-order valence-electron chi connectivity index (χ0n) is 10.0. The van der Waals surface area contributed by atoms with Gasteiger partial charge in [-0.05, 0) is 31.0 Å². The van der Waals surface area contributed by atoms with Gasteiger partial charge in [0.25, 0.3) is 5.91 Å². The fraction of sp³-hybridized carbons (Fsp3) is 0.462. The van der Waals surface area contributed by atoms with Gasteiger partial charge in [-0.1, -0.05) is 28.1 Å². The molecule has 0 unspecified atom stereocenters. The van der Waals surface area contributed by atoms with E-state index in [1.54, 1.807) is 4.90 Å². The molecular formula is C13H18BrNO2. The van der Waals surface area contributed by atoms with E-state index in [2.05, 4.69) is 15.9 Å². The van der Waals surface area contributed by atoms with Crippen LogP contribution in [-0.2, 0) is 5.33 Å². The maximum atomic E-state index is 12.1. The van der Waals surface area contributed by atoms with E-state index in [0.717, 1.165) is 10.9 Å². The van der Waals surface area contributed by atoms with Gasteiger partial charge in [0.1, 0.15) is 0 Å². The van der Waals surface area contributed by atoms with Crippen molar-refractivity contribution in [3.63, 3.8) is 0 Å². The maximum absolute atomic E-state index is 12.1. The molecule has 17 heavy (non-hydrogen) atoms. The standard InChI is InChI=1S/C13H18BrNO2/c1-2-15(8-3-9-16)13(17)12-6-4-11(10-14)5-7-12/h4-7,16H,2-3,8-10H2,1H3. The Labute approximate surface area is 111 Å². The summed E-state index contributed by atoms with van der Waals surface area (Å²) in [6.45, 7) is 3.33. The minimum atomic E-state index is 0.0297. The van der Waals surface area contributed by atoms with Gasteiger partial charge in [0, 0.05) is 30.6 Å². The average molecular weight is 300 g/mol. The summed E-state index contributed by atoms with van der Waals surface area (Å²) in [6, 6.07) is 7.59. The second kappa shape index (κ2) is 7.45. The highest BCUT2D eigenvalue weighted by molar-refractivity contribution is 9.08.